The van der Waals surface area contributed by atoms with Crippen molar-refractivity contribution in [3.63, 3.8) is 0 Å². The van der Waals surface area contributed by atoms with Crippen molar-refractivity contribution in [1.29, 1.82) is 0 Å². The zero-order valence-corrected chi connectivity index (χ0v) is 28.6. The van der Waals surface area contributed by atoms with Crippen LogP contribution >= 0.6 is 23.1 Å². The first kappa shape index (κ1) is 32.9. The fraction of sp³-hybridized carbons (Fsp3) is 0.306. The van der Waals surface area contributed by atoms with E-state index in [0.29, 0.717) is 22.7 Å². The van der Waals surface area contributed by atoms with Crippen LogP contribution in [0.4, 0.5) is 17.1 Å². The molecule has 2 saturated carbocycles. The van der Waals surface area contributed by atoms with Crippen LogP contribution in [0, 0.1) is 39.7 Å². The van der Waals surface area contributed by atoms with Crippen LogP contribution in [-0.2, 0) is 19.1 Å². The Bertz CT molecular complexity index is 2130. The van der Waals surface area contributed by atoms with E-state index in [0.717, 1.165) is 33.2 Å². The largest absolute Gasteiger partial charge is 0.484 e. The van der Waals surface area contributed by atoms with E-state index in [1.807, 2.05) is 12.1 Å². The van der Waals surface area contributed by atoms with E-state index in [1.54, 1.807) is 55.1 Å². The molecular weight excluding hydrogens is 697 g/mol. The van der Waals surface area contributed by atoms with E-state index in [4.69, 9.17) is 9.47 Å². The summed E-state index contributed by atoms with van der Waals surface area (Å²) in [5.74, 6) is -2.29. The van der Waals surface area contributed by atoms with Gasteiger partial charge in [0.25, 0.3) is 11.6 Å². The first-order valence-corrected chi connectivity index (χ1v) is 18.1. The molecule has 3 fully saturated rings. The van der Waals surface area contributed by atoms with E-state index in [-0.39, 0.29) is 70.4 Å². The summed E-state index contributed by atoms with van der Waals surface area (Å²) in [6.45, 7) is 1.74. The van der Waals surface area contributed by atoms with Gasteiger partial charge in [-0.05, 0) is 85.2 Å². The van der Waals surface area contributed by atoms with Crippen molar-refractivity contribution < 1.29 is 33.6 Å². The van der Waals surface area contributed by atoms with E-state index in [2.05, 4.69) is 10.3 Å². The van der Waals surface area contributed by atoms with Crippen molar-refractivity contribution in [3.05, 3.63) is 109 Å². The lowest BCUT2D eigenvalue weighted by atomic mass is 9.68. The summed E-state index contributed by atoms with van der Waals surface area (Å²) in [4.78, 5) is 80.5. The molecule has 3 aromatic carbocycles. The lowest BCUT2D eigenvalue weighted by Crippen LogP contribution is -2.42. The molecule has 0 unspecified atom stereocenters. The molecule has 260 valence electrons. The average molecular weight is 727 g/mol. The quantitative estimate of drug-likeness (QED) is 0.101. The van der Waals surface area contributed by atoms with Gasteiger partial charge >= 0.3 is 10.8 Å². The number of hydrogen-bond acceptors (Lipinski definition) is 11. The van der Waals surface area contributed by atoms with E-state index >= 15 is 0 Å². The Labute approximate surface area is 298 Å². The number of carbonyl (C=O) groups is 4. The van der Waals surface area contributed by atoms with Gasteiger partial charge in [-0.15, -0.1) is 11.8 Å². The number of hydrogen-bond donors (Lipinski definition) is 2. The molecule has 3 heterocycles. The van der Waals surface area contributed by atoms with Crippen LogP contribution in [0.3, 0.4) is 0 Å². The number of amides is 3. The first-order valence-electron chi connectivity index (χ1n) is 16.4. The average Bonchev–Trinajstić information content (AvgIpc) is 3.86. The normalized spacial score (nSPS) is 25.6. The number of thioether (sulfide) groups is 1. The third kappa shape index (κ3) is 5.60. The number of imide groups is 1. The second kappa shape index (κ2) is 12.8. The predicted molar refractivity (Wildman–Crippen MR) is 187 cm³/mol. The lowest BCUT2D eigenvalue weighted by molar-refractivity contribution is -0.384. The van der Waals surface area contributed by atoms with Crippen molar-refractivity contribution in [2.45, 2.75) is 29.5 Å². The van der Waals surface area contributed by atoms with Crippen LogP contribution in [-0.4, -0.2) is 52.1 Å². The molecule has 1 aromatic heterocycles. The van der Waals surface area contributed by atoms with Crippen LogP contribution in [0.2, 0.25) is 0 Å². The molecule has 15 heteroatoms. The SMILES string of the molecule is CCOC(=O)c1ccc(NC(=O)COc2ccc([C@@H]3c4sc(=O)[nH]c4S[C@@H]4[C@@H]5C[C@@H]([C@@H]6C(=O)N(c7ccc([N+](=O)[O-])cc7)C(=O)[C@@H]56)[C@H]34)cc2)cc1. The highest BCUT2D eigenvalue weighted by Gasteiger charge is 2.69. The van der Waals surface area contributed by atoms with Gasteiger partial charge in [0, 0.05) is 33.9 Å². The smallest absolute Gasteiger partial charge is 0.338 e. The minimum absolute atomic E-state index is 0.00135. The number of nitrogens with zero attached hydrogens (tertiary/aromatic N) is 2. The third-order valence-electron chi connectivity index (χ3n) is 10.3. The number of fused-ring (bicyclic) bond motifs is 9. The summed E-state index contributed by atoms with van der Waals surface area (Å²) < 4.78 is 10.8. The zero-order valence-electron chi connectivity index (χ0n) is 27.0. The molecule has 8 rings (SSSR count). The Hall–Kier alpha value is -5.28. The Morgan fingerprint density at radius 3 is 2.31 bits per heavy atom. The molecule has 2 bridgehead atoms. The van der Waals surface area contributed by atoms with Crippen LogP contribution in [0.25, 0.3) is 0 Å². The minimum Gasteiger partial charge on any atom is -0.484 e. The molecule has 13 nitrogen and oxygen atoms in total. The Balaban J connectivity index is 0.995. The number of H-pyrrole nitrogens is 1. The van der Waals surface area contributed by atoms with Crippen LogP contribution in [0.1, 0.15) is 40.1 Å². The highest BCUT2D eigenvalue weighted by atomic mass is 32.2. The molecule has 0 radical (unpaired) electrons. The molecular formula is C36H30N4O9S2. The van der Waals surface area contributed by atoms with E-state index in [9.17, 15) is 34.1 Å². The maximum atomic E-state index is 14.0. The number of aromatic nitrogens is 1. The number of nitro groups is 1. The van der Waals surface area contributed by atoms with Gasteiger partial charge in [0.05, 0.1) is 39.6 Å². The predicted octanol–water partition coefficient (Wildman–Crippen LogP) is 5.22. The fourth-order valence-corrected chi connectivity index (χ4v) is 11.3. The van der Waals surface area contributed by atoms with Gasteiger partial charge in [0.15, 0.2) is 6.61 Å². The zero-order chi connectivity index (χ0) is 35.6. The molecule has 4 aliphatic rings. The number of rotatable bonds is 9. The van der Waals surface area contributed by atoms with Gasteiger partial charge in [0.1, 0.15) is 5.75 Å². The second-order valence-corrected chi connectivity index (χ2v) is 15.2. The van der Waals surface area contributed by atoms with Crippen molar-refractivity contribution >= 4 is 63.9 Å². The van der Waals surface area contributed by atoms with Gasteiger partial charge in [0.2, 0.25) is 11.8 Å². The van der Waals surface area contributed by atoms with Crippen molar-refractivity contribution in [2.24, 2.45) is 29.6 Å². The number of esters is 1. The highest BCUT2D eigenvalue weighted by molar-refractivity contribution is 8.00. The number of benzene rings is 3. The maximum absolute atomic E-state index is 14.0. The number of anilines is 2. The van der Waals surface area contributed by atoms with Gasteiger partial charge in [-0.1, -0.05) is 23.5 Å². The van der Waals surface area contributed by atoms with Gasteiger partial charge in [-0.3, -0.25) is 34.2 Å². The summed E-state index contributed by atoms with van der Waals surface area (Å²) in [5, 5.41) is 14.7. The topological polar surface area (TPSA) is 178 Å². The molecule has 7 atom stereocenters. The monoisotopic (exact) mass is 726 g/mol. The minimum atomic E-state index is -0.523. The summed E-state index contributed by atoms with van der Waals surface area (Å²) >= 11 is 2.75. The van der Waals surface area contributed by atoms with E-state index < -0.39 is 22.7 Å². The number of nitro benzene ring substituents is 1. The Morgan fingerprint density at radius 1 is 0.961 bits per heavy atom. The van der Waals surface area contributed by atoms with E-state index in [1.165, 1.54) is 29.2 Å². The van der Waals surface area contributed by atoms with Gasteiger partial charge in [-0.25, -0.2) is 4.79 Å². The number of thiazole rings is 1. The molecule has 51 heavy (non-hydrogen) atoms. The number of ether oxygens (including phenoxy) is 2. The maximum Gasteiger partial charge on any atom is 0.338 e. The third-order valence-corrected chi connectivity index (χ3v) is 12.9. The fourth-order valence-electron chi connectivity index (χ4n) is 8.39. The standard InChI is InChI=1S/C36H30N4O9S2/c1-2-48-35(44)18-3-7-19(8-4-18)37-25(41)16-49-22-13-5-17(6-14-22)26-27-23-15-24(30(27)50-32-31(26)51-36(45)38-32)29-28(23)33(42)39(34(29)43)20-9-11-21(12-10-20)40(46)47/h3-14,23-24,26-30H,2,15-16H2,1H3,(H,37,41)(H,38,45)/t23-,24-,26+,27-,28+,29+,30-/m1/s1. The number of carbonyl (C=O) groups excluding carboxylic acids is 4. The molecule has 1 saturated heterocycles. The van der Waals surface area contributed by atoms with Crippen molar-refractivity contribution in [2.75, 3.05) is 23.4 Å². The molecule has 4 aromatic rings. The molecule has 2 aliphatic heterocycles. The Morgan fingerprint density at radius 2 is 1.65 bits per heavy atom. The number of non-ortho nitro benzene ring substituents is 1. The van der Waals surface area contributed by atoms with Crippen LogP contribution < -0.4 is 19.8 Å². The summed E-state index contributed by atoms with van der Waals surface area (Å²) in [6.07, 6.45) is 0.723. The molecule has 2 aliphatic carbocycles. The van der Waals surface area contributed by atoms with Crippen LogP contribution in [0.15, 0.2) is 82.6 Å². The highest BCUT2D eigenvalue weighted by Crippen LogP contribution is 2.68. The number of aromatic amines is 1. The molecule has 0 spiro atoms. The first-order chi connectivity index (χ1) is 24.6. The van der Waals surface area contributed by atoms with Crippen molar-refractivity contribution in [1.82, 2.24) is 4.98 Å². The lowest BCUT2D eigenvalue weighted by Gasteiger charge is -2.43. The van der Waals surface area contributed by atoms with Crippen molar-refractivity contribution in [3.8, 4) is 5.75 Å². The molecule has 2 N–H and O–H groups in total. The Kier molecular flexibility index (Phi) is 8.26. The van der Waals surface area contributed by atoms with Gasteiger partial charge in [-0.2, -0.15) is 0 Å². The summed E-state index contributed by atoms with van der Waals surface area (Å²) in [7, 11) is 0. The second-order valence-electron chi connectivity index (χ2n) is 12.9. The van der Waals surface area contributed by atoms with Gasteiger partial charge < -0.3 is 19.8 Å². The molecule has 3 amide bonds. The number of nitrogens with one attached hydrogen (secondary N) is 2. The summed E-state index contributed by atoms with van der Waals surface area (Å²) in [6, 6.07) is 19.2. The summed E-state index contributed by atoms with van der Waals surface area (Å²) in [5.41, 5.74) is 2.03. The van der Waals surface area contributed by atoms with Crippen LogP contribution in [0.5, 0.6) is 5.75 Å².